The molecule has 0 spiro atoms. The highest BCUT2D eigenvalue weighted by Gasteiger charge is 2.30. The summed E-state index contributed by atoms with van der Waals surface area (Å²) in [5.74, 6) is 2.23. The molecular weight excluding hydrogens is 430 g/mol. The van der Waals surface area contributed by atoms with Crippen molar-refractivity contribution >= 4 is 17.2 Å². The minimum Gasteiger partial charge on any atom is -0.496 e. The Morgan fingerprint density at radius 2 is 2.03 bits per heavy atom. The fraction of sp³-hybridized carbons (Fsp3) is 0.481. The topological polar surface area (TPSA) is 56.2 Å². The zero-order valence-corrected chi connectivity index (χ0v) is 21.7. The Kier molecular flexibility index (Phi) is 6.41. The normalized spacial score (nSPS) is 13.1. The third kappa shape index (κ3) is 4.72. The zero-order valence-electron chi connectivity index (χ0n) is 20.8. The Morgan fingerprint density at radius 3 is 2.64 bits per heavy atom. The highest BCUT2D eigenvalue weighted by molar-refractivity contribution is 7.13. The van der Waals surface area contributed by atoms with Gasteiger partial charge >= 0.3 is 0 Å². The first kappa shape index (κ1) is 23.6. The van der Waals surface area contributed by atoms with Gasteiger partial charge in [-0.1, -0.05) is 34.6 Å². The molecule has 6 heteroatoms. The summed E-state index contributed by atoms with van der Waals surface area (Å²) in [4.78, 5) is 19.3. The number of amides is 1. The first-order valence-corrected chi connectivity index (χ1v) is 12.6. The van der Waals surface area contributed by atoms with Crippen LogP contribution in [0.4, 0.5) is 0 Å². The van der Waals surface area contributed by atoms with Crippen molar-refractivity contribution in [3.05, 3.63) is 51.7 Å². The van der Waals surface area contributed by atoms with E-state index in [2.05, 4.69) is 75.0 Å². The summed E-state index contributed by atoms with van der Waals surface area (Å²) >= 11 is 1.68. The van der Waals surface area contributed by atoms with Crippen molar-refractivity contribution in [3.63, 3.8) is 0 Å². The van der Waals surface area contributed by atoms with Crippen LogP contribution in [0.25, 0.3) is 16.4 Å². The first-order valence-electron chi connectivity index (χ1n) is 11.7. The number of hydrogen-bond acceptors (Lipinski definition) is 4. The van der Waals surface area contributed by atoms with Crippen LogP contribution in [0.3, 0.4) is 0 Å². The Morgan fingerprint density at radius 1 is 1.27 bits per heavy atom. The lowest BCUT2D eigenvalue weighted by Gasteiger charge is -2.24. The lowest BCUT2D eigenvalue weighted by atomic mass is 9.94. The molecule has 33 heavy (non-hydrogen) atoms. The van der Waals surface area contributed by atoms with E-state index in [-0.39, 0.29) is 11.3 Å². The van der Waals surface area contributed by atoms with E-state index >= 15 is 0 Å². The number of benzene rings is 1. The maximum absolute atomic E-state index is 13.3. The fourth-order valence-corrected chi connectivity index (χ4v) is 5.32. The molecule has 0 atom stereocenters. The van der Waals surface area contributed by atoms with Gasteiger partial charge < -0.3 is 10.1 Å². The highest BCUT2D eigenvalue weighted by atomic mass is 32.1. The number of fused-ring (bicyclic) bond motifs is 3. The molecule has 2 aromatic heterocycles. The molecule has 0 bridgehead atoms. The van der Waals surface area contributed by atoms with Crippen LogP contribution in [0.1, 0.15) is 67.5 Å². The van der Waals surface area contributed by atoms with E-state index < -0.39 is 0 Å². The maximum Gasteiger partial charge on any atom is 0.271 e. The summed E-state index contributed by atoms with van der Waals surface area (Å²) in [7, 11) is 1.75. The van der Waals surface area contributed by atoms with Crippen molar-refractivity contribution in [3.8, 4) is 22.1 Å². The number of methoxy groups -OCH3 is 1. The molecule has 176 valence electrons. The monoisotopic (exact) mass is 465 g/mol. The molecule has 0 fully saturated rings. The van der Waals surface area contributed by atoms with Crippen molar-refractivity contribution in [2.75, 3.05) is 13.7 Å². The van der Waals surface area contributed by atoms with E-state index in [1.165, 1.54) is 16.7 Å². The van der Waals surface area contributed by atoms with Gasteiger partial charge in [0, 0.05) is 6.54 Å². The van der Waals surface area contributed by atoms with Crippen molar-refractivity contribution in [1.29, 1.82) is 0 Å². The average Bonchev–Trinajstić information content (AvgIpc) is 3.34. The van der Waals surface area contributed by atoms with Crippen LogP contribution in [0.2, 0.25) is 0 Å². The molecule has 5 nitrogen and oxygen atoms in total. The van der Waals surface area contributed by atoms with E-state index in [4.69, 9.17) is 9.72 Å². The number of ether oxygens (including phenoxy) is 1. The molecule has 1 amide bonds. The van der Waals surface area contributed by atoms with E-state index in [1.54, 1.807) is 18.4 Å². The minimum atomic E-state index is -0.0894. The number of rotatable bonds is 6. The van der Waals surface area contributed by atoms with Crippen LogP contribution < -0.4 is 10.1 Å². The summed E-state index contributed by atoms with van der Waals surface area (Å²) in [6.07, 6.45) is 2.57. The fourth-order valence-electron chi connectivity index (χ4n) is 4.41. The predicted molar refractivity (Wildman–Crippen MR) is 136 cm³/mol. The molecule has 0 saturated carbocycles. The van der Waals surface area contributed by atoms with Gasteiger partial charge in [0.15, 0.2) is 5.82 Å². The molecule has 4 rings (SSSR count). The molecule has 3 aromatic rings. The quantitative estimate of drug-likeness (QED) is 0.486. The summed E-state index contributed by atoms with van der Waals surface area (Å²) in [5.41, 5.74) is 6.29. The zero-order chi connectivity index (χ0) is 23.9. The molecule has 0 saturated heterocycles. The Balaban J connectivity index is 1.89. The highest BCUT2D eigenvalue weighted by Crippen LogP contribution is 2.39. The third-order valence-electron chi connectivity index (χ3n) is 6.01. The first-order chi connectivity index (χ1) is 15.6. The Hall–Kier alpha value is -2.60. The van der Waals surface area contributed by atoms with Gasteiger partial charge in [-0.15, -0.1) is 11.3 Å². The smallest absolute Gasteiger partial charge is 0.271 e. The van der Waals surface area contributed by atoms with Gasteiger partial charge in [0.25, 0.3) is 5.91 Å². The van der Waals surface area contributed by atoms with Crippen LogP contribution in [0.15, 0.2) is 23.6 Å². The molecule has 1 N–H and O–H groups in total. The lowest BCUT2D eigenvalue weighted by Crippen LogP contribution is -2.33. The number of carbonyl (C=O) groups is 1. The van der Waals surface area contributed by atoms with Gasteiger partial charge in [0.05, 0.1) is 23.4 Å². The number of hydrogen-bond donors (Lipinski definition) is 1. The van der Waals surface area contributed by atoms with E-state index in [9.17, 15) is 4.79 Å². The van der Waals surface area contributed by atoms with Crippen LogP contribution in [-0.4, -0.2) is 29.1 Å². The lowest BCUT2D eigenvalue weighted by molar-refractivity contribution is 0.0933. The SMILES string of the molecule is COc1cc2c(cc1CC(C)C)-n1c(-c3sccc3C)nc(C(=O)NCC(C)(C)C)c1CC2. The van der Waals surface area contributed by atoms with Gasteiger partial charge in [0.2, 0.25) is 0 Å². The number of imidazole rings is 1. The standard InChI is InChI=1S/C27H35N3O2S/c1-16(2)12-19-13-21-18(14-22(19)32-7)8-9-20-23(26(31)28-15-27(4,5)6)29-25(30(20)21)24-17(3)10-11-33-24/h10-11,13-14,16H,8-9,12,15H2,1-7H3,(H,28,31). The minimum absolute atomic E-state index is 0.0114. The van der Waals surface area contributed by atoms with Gasteiger partial charge in [-0.2, -0.15) is 0 Å². The summed E-state index contributed by atoms with van der Waals surface area (Å²) in [6, 6.07) is 6.55. The van der Waals surface area contributed by atoms with Crippen LogP contribution in [0.5, 0.6) is 5.75 Å². The van der Waals surface area contributed by atoms with Gasteiger partial charge in [0.1, 0.15) is 11.4 Å². The van der Waals surface area contributed by atoms with Crippen molar-refractivity contribution in [2.45, 2.75) is 60.8 Å². The summed E-state index contributed by atoms with van der Waals surface area (Å²) < 4.78 is 7.97. The number of aryl methyl sites for hydroxylation is 2. The van der Waals surface area contributed by atoms with Gasteiger partial charge in [-0.05, 0) is 77.8 Å². The number of carbonyl (C=O) groups excluding carboxylic acids is 1. The van der Waals surface area contributed by atoms with Crippen LogP contribution >= 0.6 is 11.3 Å². The van der Waals surface area contributed by atoms with Crippen molar-refractivity contribution in [1.82, 2.24) is 14.9 Å². The summed E-state index contributed by atoms with van der Waals surface area (Å²) in [6.45, 7) is 13.5. The van der Waals surface area contributed by atoms with Gasteiger partial charge in [-0.3, -0.25) is 9.36 Å². The van der Waals surface area contributed by atoms with E-state index in [0.717, 1.165) is 47.1 Å². The second kappa shape index (κ2) is 8.98. The Bertz CT molecular complexity index is 1180. The molecular formula is C27H35N3O2S. The number of thiophene rings is 1. The molecule has 1 aromatic carbocycles. The second-order valence-electron chi connectivity index (χ2n) is 10.6. The van der Waals surface area contributed by atoms with E-state index in [1.807, 2.05) is 0 Å². The van der Waals surface area contributed by atoms with Crippen LogP contribution in [-0.2, 0) is 19.3 Å². The molecule has 0 radical (unpaired) electrons. The van der Waals surface area contributed by atoms with Gasteiger partial charge in [-0.25, -0.2) is 4.98 Å². The largest absolute Gasteiger partial charge is 0.496 e. The number of aromatic nitrogens is 2. The van der Waals surface area contributed by atoms with E-state index in [0.29, 0.717) is 18.2 Å². The van der Waals surface area contributed by atoms with Crippen LogP contribution in [0, 0.1) is 18.3 Å². The molecule has 1 aliphatic heterocycles. The van der Waals surface area contributed by atoms with Crippen molar-refractivity contribution < 1.29 is 9.53 Å². The Labute approximate surface area is 201 Å². The molecule has 1 aliphatic rings. The maximum atomic E-state index is 13.3. The predicted octanol–water partition coefficient (Wildman–Crippen LogP) is 5.99. The molecule has 0 unspecified atom stereocenters. The molecule has 3 heterocycles. The average molecular weight is 466 g/mol. The molecule has 0 aliphatic carbocycles. The third-order valence-corrected chi connectivity index (χ3v) is 7.03. The van der Waals surface area contributed by atoms with Crippen molar-refractivity contribution in [2.24, 2.45) is 11.3 Å². The second-order valence-corrected chi connectivity index (χ2v) is 11.5. The summed E-state index contributed by atoms with van der Waals surface area (Å²) in [5, 5.41) is 5.20. The number of nitrogens with zero attached hydrogens (tertiary/aromatic N) is 2. The number of nitrogens with one attached hydrogen (secondary N) is 1.